The Morgan fingerprint density at radius 2 is 1.84 bits per heavy atom. The molecule has 0 unspecified atom stereocenters. The van der Waals surface area contributed by atoms with Crippen molar-refractivity contribution in [3.05, 3.63) is 42.5 Å². The summed E-state index contributed by atoms with van der Waals surface area (Å²) in [5.41, 5.74) is 10.1. The minimum absolute atomic E-state index is 0.145. The summed E-state index contributed by atoms with van der Waals surface area (Å²) in [5, 5.41) is 3.04. The molecule has 0 spiro atoms. The van der Waals surface area contributed by atoms with Crippen molar-refractivity contribution < 1.29 is 4.79 Å². The normalized spacial score (nSPS) is 15.4. The van der Waals surface area contributed by atoms with Crippen LogP contribution in [0.5, 0.6) is 0 Å². The summed E-state index contributed by atoms with van der Waals surface area (Å²) < 4.78 is 0. The van der Waals surface area contributed by atoms with Gasteiger partial charge in [0.2, 0.25) is 5.91 Å². The second-order valence-corrected chi connectivity index (χ2v) is 6.76. The zero-order valence-electron chi connectivity index (χ0n) is 14.1. The van der Waals surface area contributed by atoms with Crippen LogP contribution < -0.4 is 11.1 Å². The maximum Gasteiger partial charge on any atom is 0.227 e. The Balaban J connectivity index is 1.49. The van der Waals surface area contributed by atoms with Crippen molar-refractivity contribution >= 4 is 28.3 Å². The van der Waals surface area contributed by atoms with Crippen LogP contribution in [0.4, 0.5) is 11.4 Å². The first-order valence-electron chi connectivity index (χ1n) is 8.85. The van der Waals surface area contributed by atoms with Gasteiger partial charge in [0.25, 0.3) is 0 Å². The average molecular weight is 334 g/mol. The van der Waals surface area contributed by atoms with Crippen LogP contribution in [-0.2, 0) is 4.79 Å². The Kier molecular flexibility index (Phi) is 4.14. The first-order chi connectivity index (χ1) is 12.2. The lowest BCUT2D eigenvalue weighted by molar-refractivity contribution is -0.120. The number of hydrogen-bond acceptors (Lipinski definition) is 3. The number of rotatable bonds is 3. The summed E-state index contributed by atoms with van der Waals surface area (Å²) in [7, 11) is 0. The lowest BCUT2D eigenvalue weighted by Gasteiger charge is -2.20. The molecule has 3 aromatic rings. The Morgan fingerprint density at radius 3 is 2.60 bits per heavy atom. The zero-order chi connectivity index (χ0) is 17.2. The fraction of sp³-hybridized carbons (Fsp3) is 0.300. The number of aromatic nitrogens is 2. The van der Waals surface area contributed by atoms with Crippen LogP contribution in [0.3, 0.4) is 0 Å². The van der Waals surface area contributed by atoms with Crippen molar-refractivity contribution in [1.29, 1.82) is 0 Å². The van der Waals surface area contributed by atoms with Gasteiger partial charge >= 0.3 is 0 Å². The molecule has 25 heavy (non-hydrogen) atoms. The molecule has 1 heterocycles. The summed E-state index contributed by atoms with van der Waals surface area (Å²) in [6.45, 7) is 0. The lowest BCUT2D eigenvalue weighted by Crippen LogP contribution is -2.24. The number of nitrogens with one attached hydrogen (secondary N) is 2. The molecule has 4 N–H and O–H groups in total. The number of carbonyl (C=O) groups excluding carboxylic acids is 1. The molecule has 1 aromatic heterocycles. The summed E-state index contributed by atoms with van der Waals surface area (Å²) in [4.78, 5) is 20.2. The number of H-pyrrole nitrogens is 1. The van der Waals surface area contributed by atoms with Gasteiger partial charge in [-0.2, -0.15) is 0 Å². The number of aromatic amines is 1. The van der Waals surface area contributed by atoms with Gasteiger partial charge in [0.15, 0.2) is 0 Å². The molecular weight excluding hydrogens is 312 g/mol. The zero-order valence-corrected chi connectivity index (χ0v) is 14.1. The second kappa shape index (κ2) is 6.59. The summed E-state index contributed by atoms with van der Waals surface area (Å²) in [6.07, 6.45) is 5.58. The number of imidazole rings is 1. The second-order valence-electron chi connectivity index (χ2n) is 6.76. The van der Waals surface area contributed by atoms with Gasteiger partial charge < -0.3 is 16.0 Å². The van der Waals surface area contributed by atoms with Crippen LogP contribution in [0.25, 0.3) is 22.4 Å². The third-order valence-corrected chi connectivity index (χ3v) is 4.91. The largest absolute Gasteiger partial charge is 0.399 e. The van der Waals surface area contributed by atoms with Gasteiger partial charge in [-0.15, -0.1) is 0 Å². The molecule has 0 bridgehead atoms. The number of nitrogens with zero attached hydrogens (tertiary/aromatic N) is 1. The predicted octanol–water partition coefficient (Wildman–Crippen LogP) is 4.33. The summed E-state index contributed by atoms with van der Waals surface area (Å²) >= 11 is 0. The minimum Gasteiger partial charge on any atom is -0.399 e. The highest BCUT2D eigenvalue weighted by atomic mass is 16.1. The molecule has 4 rings (SSSR count). The van der Waals surface area contributed by atoms with Crippen LogP contribution in [0, 0.1) is 5.92 Å². The van der Waals surface area contributed by atoms with Crippen molar-refractivity contribution in [2.45, 2.75) is 32.1 Å². The summed E-state index contributed by atoms with van der Waals surface area (Å²) in [5.74, 6) is 1.10. The molecule has 1 aliphatic carbocycles. The molecule has 1 fully saturated rings. The molecular formula is C20H22N4O. The number of benzene rings is 2. The first-order valence-corrected chi connectivity index (χ1v) is 8.85. The van der Waals surface area contributed by atoms with E-state index in [0.29, 0.717) is 5.69 Å². The minimum atomic E-state index is 0.145. The van der Waals surface area contributed by atoms with Crippen molar-refractivity contribution in [2.75, 3.05) is 11.1 Å². The molecule has 5 heteroatoms. The molecule has 1 saturated carbocycles. The van der Waals surface area contributed by atoms with E-state index in [0.717, 1.165) is 53.8 Å². The smallest absolute Gasteiger partial charge is 0.227 e. The predicted molar refractivity (Wildman–Crippen MR) is 101 cm³/mol. The third-order valence-electron chi connectivity index (χ3n) is 4.91. The number of anilines is 2. The topological polar surface area (TPSA) is 83.8 Å². The SMILES string of the molecule is Nc1ccc2nc(-c3ccc(NC(=O)C4CCCCC4)cc3)[nH]c2c1. The monoisotopic (exact) mass is 334 g/mol. The van der Waals surface area contributed by atoms with Crippen LogP contribution in [0.2, 0.25) is 0 Å². The lowest BCUT2D eigenvalue weighted by atomic mass is 9.88. The number of nitrogen functional groups attached to an aromatic ring is 1. The Hall–Kier alpha value is -2.82. The van der Waals surface area contributed by atoms with Crippen LogP contribution in [0.15, 0.2) is 42.5 Å². The van der Waals surface area contributed by atoms with Gasteiger partial charge in [-0.25, -0.2) is 4.98 Å². The molecule has 0 aliphatic heterocycles. The molecule has 0 saturated heterocycles. The van der Waals surface area contributed by atoms with Gasteiger partial charge in [-0.1, -0.05) is 19.3 Å². The number of hydrogen-bond donors (Lipinski definition) is 3. The van der Waals surface area contributed by atoms with Crippen molar-refractivity contribution in [2.24, 2.45) is 5.92 Å². The van der Waals surface area contributed by atoms with E-state index in [1.807, 2.05) is 42.5 Å². The van der Waals surface area contributed by atoms with Crippen molar-refractivity contribution in [1.82, 2.24) is 9.97 Å². The van der Waals surface area contributed by atoms with Gasteiger partial charge in [0, 0.05) is 22.9 Å². The van der Waals surface area contributed by atoms with Crippen LogP contribution in [0.1, 0.15) is 32.1 Å². The van der Waals surface area contributed by atoms with Crippen LogP contribution >= 0.6 is 0 Å². The Labute approximate surface area is 146 Å². The van der Waals surface area contributed by atoms with E-state index in [-0.39, 0.29) is 11.8 Å². The van der Waals surface area contributed by atoms with Gasteiger partial charge in [-0.3, -0.25) is 4.79 Å². The Morgan fingerprint density at radius 1 is 1.08 bits per heavy atom. The van der Waals surface area contributed by atoms with Gasteiger partial charge in [-0.05, 0) is 55.3 Å². The number of fused-ring (bicyclic) bond motifs is 1. The maximum absolute atomic E-state index is 12.3. The molecule has 1 aliphatic rings. The average Bonchev–Trinajstić information content (AvgIpc) is 3.06. The van der Waals surface area contributed by atoms with Crippen LogP contribution in [-0.4, -0.2) is 15.9 Å². The summed E-state index contributed by atoms with van der Waals surface area (Å²) in [6, 6.07) is 13.4. The molecule has 128 valence electrons. The first kappa shape index (κ1) is 15.7. The number of nitrogens with two attached hydrogens (primary N) is 1. The highest BCUT2D eigenvalue weighted by molar-refractivity contribution is 5.92. The van der Waals surface area contributed by atoms with E-state index in [4.69, 9.17) is 5.73 Å². The maximum atomic E-state index is 12.3. The molecule has 1 amide bonds. The van der Waals surface area contributed by atoms with E-state index in [1.54, 1.807) is 0 Å². The Bertz CT molecular complexity index is 892. The van der Waals surface area contributed by atoms with E-state index in [2.05, 4.69) is 15.3 Å². The van der Waals surface area contributed by atoms with Crippen molar-refractivity contribution in [3.8, 4) is 11.4 Å². The van der Waals surface area contributed by atoms with Crippen molar-refractivity contribution in [3.63, 3.8) is 0 Å². The highest BCUT2D eigenvalue weighted by Gasteiger charge is 2.21. The fourth-order valence-corrected chi connectivity index (χ4v) is 3.48. The fourth-order valence-electron chi connectivity index (χ4n) is 3.48. The van der Waals surface area contributed by atoms with E-state index in [1.165, 1.54) is 6.42 Å². The molecule has 2 aromatic carbocycles. The quantitative estimate of drug-likeness (QED) is 0.623. The van der Waals surface area contributed by atoms with E-state index >= 15 is 0 Å². The number of amides is 1. The highest BCUT2D eigenvalue weighted by Crippen LogP contribution is 2.26. The molecule has 0 atom stereocenters. The van der Waals surface area contributed by atoms with Gasteiger partial charge in [0.1, 0.15) is 5.82 Å². The standard InChI is InChI=1S/C20H22N4O/c21-15-8-11-17-18(12-15)24-19(23-17)13-6-9-16(10-7-13)22-20(25)14-4-2-1-3-5-14/h6-12,14H,1-5,21H2,(H,22,25)(H,23,24). The van der Waals surface area contributed by atoms with Gasteiger partial charge in [0.05, 0.1) is 11.0 Å². The van der Waals surface area contributed by atoms with E-state index < -0.39 is 0 Å². The third kappa shape index (κ3) is 3.36. The van der Waals surface area contributed by atoms with E-state index in [9.17, 15) is 4.79 Å². The molecule has 0 radical (unpaired) electrons. The molecule has 5 nitrogen and oxygen atoms in total. The number of carbonyl (C=O) groups is 1.